The van der Waals surface area contributed by atoms with Gasteiger partial charge in [0.15, 0.2) is 0 Å². The summed E-state index contributed by atoms with van der Waals surface area (Å²) in [6.07, 6.45) is 1.37. The third kappa shape index (κ3) is 4.45. The quantitative estimate of drug-likeness (QED) is 0.724. The van der Waals surface area contributed by atoms with Gasteiger partial charge in [0.2, 0.25) is 5.91 Å². The number of carbonyl (C=O) groups is 2. The van der Waals surface area contributed by atoms with Gasteiger partial charge in [-0.15, -0.1) is 0 Å². The van der Waals surface area contributed by atoms with Crippen molar-refractivity contribution in [3.05, 3.63) is 24.3 Å². The van der Waals surface area contributed by atoms with E-state index in [4.69, 9.17) is 5.11 Å². The van der Waals surface area contributed by atoms with Crippen molar-refractivity contribution in [1.82, 2.24) is 0 Å². The molecule has 0 aliphatic heterocycles. The highest BCUT2D eigenvalue weighted by Gasteiger charge is 2.15. The van der Waals surface area contributed by atoms with Crippen LogP contribution >= 0.6 is 0 Å². The SMILES string of the molecule is CCCC(Nc1ccc(NC(C)=O)cc1)C(=O)O. The van der Waals surface area contributed by atoms with Crippen LogP contribution in [0.3, 0.4) is 0 Å². The fourth-order valence-electron chi connectivity index (χ4n) is 1.60. The summed E-state index contributed by atoms with van der Waals surface area (Å²) in [6, 6.07) is 6.37. The van der Waals surface area contributed by atoms with Crippen LogP contribution in [0.2, 0.25) is 0 Å². The summed E-state index contributed by atoms with van der Waals surface area (Å²) < 4.78 is 0. The molecule has 1 unspecified atom stereocenters. The molecule has 0 heterocycles. The molecule has 0 bridgehead atoms. The number of benzene rings is 1. The Kier molecular flexibility index (Phi) is 5.17. The van der Waals surface area contributed by atoms with Gasteiger partial charge in [-0.25, -0.2) is 4.79 Å². The van der Waals surface area contributed by atoms with Gasteiger partial charge in [0.25, 0.3) is 0 Å². The molecular formula is C13H18N2O3. The van der Waals surface area contributed by atoms with E-state index in [-0.39, 0.29) is 5.91 Å². The standard InChI is InChI=1S/C13H18N2O3/c1-3-4-12(13(17)18)15-11-7-5-10(6-8-11)14-9(2)16/h5-8,12,15H,3-4H2,1-2H3,(H,14,16)(H,17,18). The van der Waals surface area contributed by atoms with Gasteiger partial charge in [-0.05, 0) is 30.7 Å². The Balaban J connectivity index is 2.67. The molecule has 0 saturated heterocycles. The lowest BCUT2D eigenvalue weighted by molar-refractivity contribution is -0.138. The number of anilines is 2. The van der Waals surface area contributed by atoms with Crippen molar-refractivity contribution in [3.63, 3.8) is 0 Å². The van der Waals surface area contributed by atoms with Crippen LogP contribution in [0.5, 0.6) is 0 Å². The molecule has 0 saturated carbocycles. The fourth-order valence-corrected chi connectivity index (χ4v) is 1.60. The third-order valence-electron chi connectivity index (χ3n) is 2.42. The molecular weight excluding hydrogens is 232 g/mol. The molecule has 1 amide bonds. The molecule has 1 aromatic rings. The summed E-state index contributed by atoms with van der Waals surface area (Å²) >= 11 is 0. The molecule has 0 aliphatic rings. The number of carboxylic acid groups (broad SMARTS) is 1. The number of carbonyl (C=O) groups excluding carboxylic acids is 1. The number of carboxylic acids is 1. The van der Waals surface area contributed by atoms with E-state index in [0.29, 0.717) is 12.1 Å². The monoisotopic (exact) mass is 250 g/mol. The lowest BCUT2D eigenvalue weighted by Gasteiger charge is -2.15. The lowest BCUT2D eigenvalue weighted by Crippen LogP contribution is -2.28. The number of rotatable bonds is 6. The van der Waals surface area contributed by atoms with Crippen molar-refractivity contribution in [1.29, 1.82) is 0 Å². The van der Waals surface area contributed by atoms with Gasteiger partial charge < -0.3 is 15.7 Å². The minimum atomic E-state index is -0.859. The summed E-state index contributed by atoms with van der Waals surface area (Å²) in [5, 5.41) is 14.6. The molecule has 98 valence electrons. The van der Waals surface area contributed by atoms with E-state index in [1.165, 1.54) is 6.92 Å². The predicted octanol–water partition coefficient (Wildman–Crippen LogP) is 2.31. The van der Waals surface area contributed by atoms with E-state index >= 15 is 0 Å². The number of amides is 1. The highest BCUT2D eigenvalue weighted by Crippen LogP contribution is 2.15. The van der Waals surface area contributed by atoms with Crippen LogP contribution < -0.4 is 10.6 Å². The van der Waals surface area contributed by atoms with Gasteiger partial charge in [0.1, 0.15) is 6.04 Å². The van der Waals surface area contributed by atoms with Crippen LogP contribution in [-0.2, 0) is 9.59 Å². The summed E-state index contributed by atoms with van der Waals surface area (Å²) in [5.41, 5.74) is 1.42. The smallest absolute Gasteiger partial charge is 0.326 e. The number of nitrogens with one attached hydrogen (secondary N) is 2. The predicted molar refractivity (Wildman–Crippen MR) is 70.7 cm³/mol. The van der Waals surface area contributed by atoms with Crippen molar-refractivity contribution in [2.75, 3.05) is 10.6 Å². The summed E-state index contributed by atoms with van der Waals surface area (Å²) in [5.74, 6) is -0.993. The van der Waals surface area contributed by atoms with E-state index in [0.717, 1.165) is 12.1 Å². The van der Waals surface area contributed by atoms with Gasteiger partial charge in [0.05, 0.1) is 0 Å². The van der Waals surface area contributed by atoms with Crippen LogP contribution in [-0.4, -0.2) is 23.0 Å². The Morgan fingerprint density at radius 1 is 1.22 bits per heavy atom. The molecule has 0 radical (unpaired) electrons. The molecule has 0 fully saturated rings. The molecule has 1 rings (SSSR count). The van der Waals surface area contributed by atoms with Crippen LogP contribution in [0.25, 0.3) is 0 Å². The minimum Gasteiger partial charge on any atom is -0.480 e. The minimum absolute atomic E-state index is 0.134. The van der Waals surface area contributed by atoms with Crippen LogP contribution in [0.4, 0.5) is 11.4 Å². The van der Waals surface area contributed by atoms with Gasteiger partial charge in [-0.3, -0.25) is 4.79 Å². The van der Waals surface area contributed by atoms with E-state index in [9.17, 15) is 9.59 Å². The second-order valence-corrected chi connectivity index (χ2v) is 4.08. The first-order chi connectivity index (χ1) is 8.52. The van der Waals surface area contributed by atoms with Crippen molar-refractivity contribution in [3.8, 4) is 0 Å². The van der Waals surface area contributed by atoms with E-state index in [1.807, 2.05) is 6.92 Å². The maximum atomic E-state index is 11.0. The normalized spacial score (nSPS) is 11.7. The zero-order chi connectivity index (χ0) is 13.5. The van der Waals surface area contributed by atoms with E-state index in [2.05, 4.69) is 10.6 Å². The zero-order valence-electron chi connectivity index (χ0n) is 10.6. The maximum Gasteiger partial charge on any atom is 0.326 e. The van der Waals surface area contributed by atoms with Crippen LogP contribution in [0.15, 0.2) is 24.3 Å². The van der Waals surface area contributed by atoms with Crippen LogP contribution in [0.1, 0.15) is 26.7 Å². The zero-order valence-corrected chi connectivity index (χ0v) is 10.6. The largest absolute Gasteiger partial charge is 0.480 e. The lowest BCUT2D eigenvalue weighted by atomic mass is 10.1. The Labute approximate surface area is 106 Å². The summed E-state index contributed by atoms with van der Waals surface area (Å²) in [7, 11) is 0. The molecule has 1 atom stereocenters. The molecule has 5 heteroatoms. The molecule has 1 aromatic carbocycles. The van der Waals surface area contributed by atoms with Gasteiger partial charge >= 0.3 is 5.97 Å². The average Bonchev–Trinajstić information content (AvgIpc) is 2.30. The molecule has 0 aromatic heterocycles. The maximum absolute atomic E-state index is 11.0. The molecule has 0 aliphatic carbocycles. The highest BCUT2D eigenvalue weighted by molar-refractivity contribution is 5.88. The Morgan fingerprint density at radius 2 is 1.78 bits per heavy atom. The van der Waals surface area contributed by atoms with Gasteiger partial charge in [-0.2, -0.15) is 0 Å². The van der Waals surface area contributed by atoms with E-state index < -0.39 is 12.0 Å². The number of aliphatic carboxylic acids is 1. The molecule has 18 heavy (non-hydrogen) atoms. The molecule has 0 spiro atoms. The van der Waals surface area contributed by atoms with Crippen LogP contribution in [0, 0.1) is 0 Å². The Morgan fingerprint density at radius 3 is 2.22 bits per heavy atom. The van der Waals surface area contributed by atoms with E-state index in [1.54, 1.807) is 24.3 Å². The average molecular weight is 250 g/mol. The highest BCUT2D eigenvalue weighted by atomic mass is 16.4. The topological polar surface area (TPSA) is 78.4 Å². The summed E-state index contributed by atoms with van der Waals surface area (Å²) in [6.45, 7) is 3.38. The van der Waals surface area contributed by atoms with Crippen molar-refractivity contribution >= 4 is 23.3 Å². The third-order valence-corrected chi connectivity index (χ3v) is 2.42. The first-order valence-electron chi connectivity index (χ1n) is 5.90. The first kappa shape index (κ1) is 14.0. The van der Waals surface area contributed by atoms with Gasteiger partial charge in [-0.1, -0.05) is 13.3 Å². The van der Waals surface area contributed by atoms with Crippen molar-refractivity contribution in [2.45, 2.75) is 32.7 Å². The fraction of sp³-hybridized carbons (Fsp3) is 0.385. The van der Waals surface area contributed by atoms with Gasteiger partial charge in [0, 0.05) is 18.3 Å². The molecule has 5 nitrogen and oxygen atoms in total. The van der Waals surface area contributed by atoms with Crippen molar-refractivity contribution in [2.24, 2.45) is 0 Å². The number of hydrogen-bond donors (Lipinski definition) is 3. The Bertz CT molecular complexity index is 415. The first-order valence-corrected chi connectivity index (χ1v) is 5.90. The Hall–Kier alpha value is -2.04. The van der Waals surface area contributed by atoms with Crippen molar-refractivity contribution < 1.29 is 14.7 Å². The summed E-state index contributed by atoms with van der Waals surface area (Å²) in [4.78, 5) is 21.8. The molecule has 3 N–H and O–H groups in total. The number of hydrogen-bond acceptors (Lipinski definition) is 3. The second-order valence-electron chi connectivity index (χ2n) is 4.08. The second kappa shape index (κ2) is 6.64.